The van der Waals surface area contributed by atoms with Gasteiger partial charge in [-0.15, -0.1) is 0 Å². The summed E-state index contributed by atoms with van der Waals surface area (Å²) >= 11 is 0. The summed E-state index contributed by atoms with van der Waals surface area (Å²) in [5.74, 6) is 0. The number of benzene rings is 2. The lowest BCUT2D eigenvalue weighted by Gasteiger charge is -2.06. The predicted octanol–water partition coefficient (Wildman–Crippen LogP) is 3.48. The molecule has 0 bridgehead atoms. The van der Waals surface area contributed by atoms with E-state index in [2.05, 4.69) is 23.2 Å². The molecule has 1 heterocycles. The number of fused-ring (bicyclic) bond motifs is 1. The highest BCUT2D eigenvalue weighted by Gasteiger charge is 2.02. The van der Waals surface area contributed by atoms with Crippen LogP contribution in [0.2, 0.25) is 0 Å². The standard InChI is InChI=1S/C15H12N2/c16-15-4-2-1-3-14(15)12-6-5-11-7-8-17-10-13(11)9-12/h1-10H,16H2. The molecule has 0 spiro atoms. The lowest BCUT2D eigenvalue weighted by atomic mass is 10.0. The Morgan fingerprint density at radius 2 is 1.76 bits per heavy atom. The quantitative estimate of drug-likeness (QED) is 0.637. The number of pyridine rings is 1. The van der Waals surface area contributed by atoms with Crippen LogP contribution in [-0.2, 0) is 0 Å². The molecule has 82 valence electrons. The molecule has 0 aliphatic heterocycles. The van der Waals surface area contributed by atoms with Gasteiger partial charge in [-0.05, 0) is 29.1 Å². The van der Waals surface area contributed by atoms with Crippen LogP contribution < -0.4 is 5.73 Å². The van der Waals surface area contributed by atoms with Crippen LogP contribution in [0.1, 0.15) is 0 Å². The van der Waals surface area contributed by atoms with E-state index in [1.807, 2.05) is 36.5 Å². The number of aromatic nitrogens is 1. The second-order valence-electron chi connectivity index (χ2n) is 4.02. The highest BCUT2D eigenvalue weighted by Crippen LogP contribution is 2.28. The number of nitrogen functional groups attached to an aromatic ring is 1. The van der Waals surface area contributed by atoms with E-state index in [1.54, 1.807) is 6.20 Å². The molecular formula is C15H12N2. The Balaban J connectivity index is 2.22. The molecule has 17 heavy (non-hydrogen) atoms. The highest BCUT2D eigenvalue weighted by atomic mass is 14.6. The molecule has 2 aromatic carbocycles. The first-order valence-electron chi connectivity index (χ1n) is 5.53. The Hall–Kier alpha value is -2.35. The van der Waals surface area contributed by atoms with Crippen molar-refractivity contribution in [2.75, 3.05) is 5.73 Å². The molecule has 0 aliphatic carbocycles. The van der Waals surface area contributed by atoms with Gasteiger partial charge in [0.05, 0.1) is 0 Å². The van der Waals surface area contributed by atoms with Gasteiger partial charge in [0.1, 0.15) is 0 Å². The van der Waals surface area contributed by atoms with Crippen LogP contribution in [-0.4, -0.2) is 4.98 Å². The maximum Gasteiger partial charge on any atom is 0.0393 e. The van der Waals surface area contributed by atoms with Gasteiger partial charge in [-0.3, -0.25) is 4.98 Å². The van der Waals surface area contributed by atoms with Gasteiger partial charge in [0.15, 0.2) is 0 Å². The number of nitrogens with two attached hydrogens (primary N) is 1. The SMILES string of the molecule is Nc1ccccc1-c1ccc2ccncc2c1. The molecular weight excluding hydrogens is 208 g/mol. The summed E-state index contributed by atoms with van der Waals surface area (Å²) in [6, 6.07) is 16.2. The Morgan fingerprint density at radius 3 is 2.65 bits per heavy atom. The molecule has 0 aliphatic rings. The van der Waals surface area contributed by atoms with Gasteiger partial charge in [0.25, 0.3) is 0 Å². The number of hydrogen-bond acceptors (Lipinski definition) is 2. The predicted molar refractivity (Wildman–Crippen MR) is 71.6 cm³/mol. The Kier molecular flexibility index (Phi) is 2.26. The maximum absolute atomic E-state index is 5.98. The zero-order chi connectivity index (χ0) is 11.7. The highest BCUT2D eigenvalue weighted by molar-refractivity contribution is 5.88. The third-order valence-corrected chi connectivity index (χ3v) is 2.91. The first kappa shape index (κ1) is 9.85. The van der Waals surface area contributed by atoms with Gasteiger partial charge < -0.3 is 5.73 Å². The van der Waals surface area contributed by atoms with E-state index in [0.717, 1.165) is 22.2 Å². The second kappa shape index (κ2) is 3.91. The normalized spacial score (nSPS) is 10.6. The fraction of sp³-hybridized carbons (Fsp3) is 0. The summed E-state index contributed by atoms with van der Waals surface area (Å²) in [7, 11) is 0. The molecule has 2 heteroatoms. The summed E-state index contributed by atoms with van der Waals surface area (Å²) in [6.07, 6.45) is 3.68. The van der Waals surface area contributed by atoms with Crippen LogP contribution in [0.15, 0.2) is 60.9 Å². The van der Waals surface area contributed by atoms with Crippen molar-refractivity contribution in [3.05, 3.63) is 60.9 Å². The molecule has 0 unspecified atom stereocenters. The van der Waals surface area contributed by atoms with Gasteiger partial charge in [-0.1, -0.05) is 30.3 Å². The maximum atomic E-state index is 5.98. The van der Waals surface area contributed by atoms with Crippen molar-refractivity contribution in [1.29, 1.82) is 0 Å². The lowest BCUT2D eigenvalue weighted by Crippen LogP contribution is -1.89. The fourth-order valence-electron chi connectivity index (χ4n) is 2.01. The van der Waals surface area contributed by atoms with Gasteiger partial charge >= 0.3 is 0 Å². The molecule has 0 fully saturated rings. The topological polar surface area (TPSA) is 38.9 Å². The first-order chi connectivity index (χ1) is 8.34. The second-order valence-corrected chi connectivity index (χ2v) is 4.02. The summed E-state index contributed by atoms with van der Waals surface area (Å²) in [5, 5.41) is 2.33. The summed E-state index contributed by atoms with van der Waals surface area (Å²) in [5.41, 5.74) is 8.98. The van der Waals surface area contributed by atoms with Gasteiger partial charge in [-0.2, -0.15) is 0 Å². The number of rotatable bonds is 1. The largest absolute Gasteiger partial charge is 0.398 e. The first-order valence-corrected chi connectivity index (χ1v) is 5.53. The van der Waals surface area contributed by atoms with Gasteiger partial charge in [0, 0.05) is 29.0 Å². The molecule has 0 amide bonds. The van der Waals surface area contributed by atoms with E-state index in [0.29, 0.717) is 0 Å². The Labute approximate surface area is 99.7 Å². The van der Waals surface area contributed by atoms with E-state index in [-0.39, 0.29) is 0 Å². The number of nitrogens with zero attached hydrogens (tertiary/aromatic N) is 1. The minimum atomic E-state index is 0.802. The van der Waals surface area contributed by atoms with Gasteiger partial charge in [-0.25, -0.2) is 0 Å². The van der Waals surface area contributed by atoms with Gasteiger partial charge in [0.2, 0.25) is 0 Å². The number of hydrogen-bond donors (Lipinski definition) is 1. The smallest absolute Gasteiger partial charge is 0.0393 e. The Bertz CT molecular complexity index is 674. The minimum Gasteiger partial charge on any atom is -0.398 e. The van der Waals surface area contributed by atoms with Crippen LogP contribution >= 0.6 is 0 Å². The van der Waals surface area contributed by atoms with E-state index in [9.17, 15) is 0 Å². The third-order valence-electron chi connectivity index (χ3n) is 2.91. The molecule has 0 radical (unpaired) electrons. The molecule has 0 saturated carbocycles. The zero-order valence-corrected chi connectivity index (χ0v) is 9.30. The van der Waals surface area contributed by atoms with E-state index >= 15 is 0 Å². The average Bonchev–Trinajstić information content (AvgIpc) is 2.39. The number of anilines is 1. The van der Waals surface area contributed by atoms with Crippen LogP contribution in [0.4, 0.5) is 5.69 Å². The van der Waals surface area contributed by atoms with Crippen LogP contribution in [0.5, 0.6) is 0 Å². The van der Waals surface area contributed by atoms with Crippen molar-refractivity contribution < 1.29 is 0 Å². The average molecular weight is 220 g/mol. The van der Waals surface area contributed by atoms with E-state index in [4.69, 9.17) is 5.73 Å². The summed E-state index contributed by atoms with van der Waals surface area (Å²) in [4.78, 5) is 4.14. The number of para-hydroxylation sites is 1. The molecule has 3 rings (SSSR count). The van der Waals surface area contributed by atoms with Crippen molar-refractivity contribution in [1.82, 2.24) is 4.98 Å². The monoisotopic (exact) mass is 220 g/mol. The summed E-state index contributed by atoms with van der Waals surface area (Å²) < 4.78 is 0. The van der Waals surface area contributed by atoms with Crippen molar-refractivity contribution in [2.24, 2.45) is 0 Å². The zero-order valence-electron chi connectivity index (χ0n) is 9.30. The van der Waals surface area contributed by atoms with Crippen molar-refractivity contribution in [3.63, 3.8) is 0 Å². The third kappa shape index (κ3) is 1.74. The molecule has 2 N–H and O–H groups in total. The molecule has 0 saturated heterocycles. The molecule has 2 nitrogen and oxygen atoms in total. The minimum absolute atomic E-state index is 0.802. The van der Waals surface area contributed by atoms with Crippen molar-refractivity contribution in [2.45, 2.75) is 0 Å². The molecule has 3 aromatic rings. The van der Waals surface area contributed by atoms with E-state index in [1.165, 1.54) is 5.39 Å². The molecule has 0 atom stereocenters. The fourth-order valence-corrected chi connectivity index (χ4v) is 2.01. The lowest BCUT2D eigenvalue weighted by molar-refractivity contribution is 1.36. The molecule has 1 aromatic heterocycles. The van der Waals surface area contributed by atoms with E-state index < -0.39 is 0 Å². The van der Waals surface area contributed by atoms with Crippen molar-refractivity contribution in [3.8, 4) is 11.1 Å². The summed E-state index contributed by atoms with van der Waals surface area (Å²) in [6.45, 7) is 0. The Morgan fingerprint density at radius 1 is 0.882 bits per heavy atom. The van der Waals surface area contributed by atoms with Crippen molar-refractivity contribution >= 4 is 16.5 Å². The van der Waals surface area contributed by atoms with Crippen LogP contribution in [0.25, 0.3) is 21.9 Å². The van der Waals surface area contributed by atoms with Crippen LogP contribution in [0, 0.1) is 0 Å². The van der Waals surface area contributed by atoms with Crippen LogP contribution in [0.3, 0.4) is 0 Å².